The Morgan fingerprint density at radius 1 is 1.06 bits per heavy atom. The first-order valence-corrected chi connectivity index (χ1v) is 5.13. The zero-order valence-electron chi connectivity index (χ0n) is 8.87. The summed E-state index contributed by atoms with van der Waals surface area (Å²) in [4.78, 5) is 0. The van der Waals surface area contributed by atoms with Crippen LogP contribution >= 0.6 is 0 Å². The lowest BCUT2D eigenvalue weighted by molar-refractivity contribution is -0.274. The molecule has 1 aliphatic rings. The molecular formula is C10H10BF3O3. The zero-order chi connectivity index (χ0) is 12.3. The summed E-state index contributed by atoms with van der Waals surface area (Å²) in [5.74, 6) is -0.253. The van der Waals surface area contributed by atoms with Crippen LogP contribution in [0.4, 0.5) is 13.2 Å². The summed E-state index contributed by atoms with van der Waals surface area (Å²) in [6.45, 7) is 1.18. The lowest BCUT2D eigenvalue weighted by Crippen LogP contribution is -2.40. The highest BCUT2D eigenvalue weighted by Crippen LogP contribution is 2.21. The van der Waals surface area contributed by atoms with E-state index in [1.54, 1.807) is 0 Å². The average Bonchev–Trinajstić information content (AvgIpc) is 2.29. The second-order valence-electron chi connectivity index (χ2n) is 3.54. The molecule has 2 rings (SSSR count). The molecule has 7 heteroatoms. The van der Waals surface area contributed by atoms with Gasteiger partial charge in [-0.15, -0.1) is 13.2 Å². The number of rotatable bonds is 2. The van der Waals surface area contributed by atoms with Crippen molar-refractivity contribution in [2.45, 2.75) is 12.8 Å². The lowest BCUT2D eigenvalue weighted by Gasteiger charge is -2.20. The van der Waals surface area contributed by atoms with E-state index in [0.717, 1.165) is 6.42 Å². The summed E-state index contributed by atoms with van der Waals surface area (Å²) < 4.78 is 50.2. The number of benzene rings is 1. The smallest absolute Gasteiger partial charge is 0.407 e. The van der Waals surface area contributed by atoms with Gasteiger partial charge in [0.2, 0.25) is 0 Å². The van der Waals surface area contributed by atoms with Crippen LogP contribution in [-0.4, -0.2) is 26.7 Å². The van der Waals surface area contributed by atoms with Crippen LogP contribution in [0.5, 0.6) is 5.75 Å². The van der Waals surface area contributed by atoms with Crippen LogP contribution in [0.1, 0.15) is 6.42 Å². The van der Waals surface area contributed by atoms with Gasteiger partial charge in [0.1, 0.15) is 5.75 Å². The quantitative estimate of drug-likeness (QED) is 0.743. The molecule has 0 radical (unpaired) electrons. The molecule has 3 nitrogen and oxygen atoms in total. The SMILES string of the molecule is FC(F)(F)Oc1ccc(B2OCCCO2)cc1. The van der Waals surface area contributed by atoms with Crippen molar-refractivity contribution in [2.75, 3.05) is 13.2 Å². The molecule has 1 heterocycles. The Kier molecular flexibility index (Phi) is 3.59. The molecule has 1 fully saturated rings. The number of hydrogen-bond donors (Lipinski definition) is 0. The topological polar surface area (TPSA) is 27.7 Å². The summed E-state index contributed by atoms with van der Waals surface area (Å²) >= 11 is 0. The molecular weight excluding hydrogens is 236 g/mol. The Balaban J connectivity index is 2.02. The van der Waals surface area contributed by atoms with Crippen molar-refractivity contribution in [1.29, 1.82) is 0 Å². The Labute approximate surface area is 96.6 Å². The van der Waals surface area contributed by atoms with E-state index in [1.165, 1.54) is 24.3 Å². The van der Waals surface area contributed by atoms with Crippen LogP contribution in [0.3, 0.4) is 0 Å². The van der Waals surface area contributed by atoms with Gasteiger partial charge < -0.3 is 14.0 Å². The maximum atomic E-state index is 11.9. The van der Waals surface area contributed by atoms with Crippen LogP contribution in [-0.2, 0) is 9.31 Å². The Morgan fingerprint density at radius 3 is 2.18 bits per heavy atom. The first-order chi connectivity index (χ1) is 8.04. The largest absolute Gasteiger partial charge is 0.573 e. The summed E-state index contributed by atoms with van der Waals surface area (Å²) in [6, 6.07) is 5.47. The van der Waals surface area contributed by atoms with Gasteiger partial charge in [0.25, 0.3) is 0 Å². The molecule has 0 aliphatic carbocycles. The molecule has 0 spiro atoms. The Bertz CT molecular complexity index is 360. The van der Waals surface area contributed by atoms with Gasteiger partial charge in [0.15, 0.2) is 0 Å². The third kappa shape index (κ3) is 3.64. The van der Waals surface area contributed by atoms with E-state index in [2.05, 4.69) is 4.74 Å². The summed E-state index contributed by atoms with van der Waals surface area (Å²) in [7, 11) is -0.497. The van der Waals surface area contributed by atoms with Crippen molar-refractivity contribution in [1.82, 2.24) is 0 Å². The average molecular weight is 246 g/mol. The van der Waals surface area contributed by atoms with Gasteiger partial charge in [-0.1, -0.05) is 12.1 Å². The van der Waals surface area contributed by atoms with Crippen molar-refractivity contribution in [3.63, 3.8) is 0 Å². The van der Waals surface area contributed by atoms with Crippen LogP contribution in [0, 0.1) is 0 Å². The van der Waals surface area contributed by atoms with Crippen LogP contribution < -0.4 is 10.2 Å². The van der Waals surface area contributed by atoms with E-state index in [0.29, 0.717) is 18.7 Å². The molecule has 92 valence electrons. The van der Waals surface area contributed by atoms with E-state index < -0.39 is 13.5 Å². The molecule has 0 N–H and O–H groups in total. The van der Waals surface area contributed by atoms with Crippen LogP contribution in [0.2, 0.25) is 0 Å². The molecule has 0 atom stereocenters. The number of halogens is 3. The predicted octanol–water partition coefficient (Wildman–Crippen LogP) is 1.72. The van der Waals surface area contributed by atoms with Crippen molar-refractivity contribution in [3.8, 4) is 5.75 Å². The van der Waals surface area contributed by atoms with E-state index >= 15 is 0 Å². The molecule has 17 heavy (non-hydrogen) atoms. The van der Waals surface area contributed by atoms with Gasteiger partial charge in [-0.05, 0) is 24.0 Å². The monoisotopic (exact) mass is 246 g/mol. The van der Waals surface area contributed by atoms with E-state index in [9.17, 15) is 13.2 Å². The lowest BCUT2D eigenvalue weighted by atomic mass is 9.78. The van der Waals surface area contributed by atoms with Gasteiger partial charge in [0, 0.05) is 13.2 Å². The van der Waals surface area contributed by atoms with Crippen molar-refractivity contribution in [3.05, 3.63) is 24.3 Å². The molecule has 1 aliphatic heterocycles. The van der Waals surface area contributed by atoms with Gasteiger partial charge >= 0.3 is 13.5 Å². The highest BCUT2D eigenvalue weighted by Gasteiger charge is 2.31. The number of alkyl halides is 3. The van der Waals surface area contributed by atoms with Gasteiger partial charge in [-0.3, -0.25) is 0 Å². The fraction of sp³-hybridized carbons (Fsp3) is 0.400. The molecule has 0 bridgehead atoms. The van der Waals surface area contributed by atoms with Crippen molar-refractivity contribution < 1.29 is 27.2 Å². The van der Waals surface area contributed by atoms with E-state index in [1.807, 2.05) is 0 Å². The van der Waals surface area contributed by atoms with E-state index in [-0.39, 0.29) is 5.75 Å². The van der Waals surface area contributed by atoms with Crippen molar-refractivity contribution >= 4 is 12.6 Å². The second-order valence-corrected chi connectivity index (χ2v) is 3.54. The number of ether oxygens (including phenoxy) is 1. The molecule has 1 aromatic carbocycles. The molecule has 0 saturated carbocycles. The minimum atomic E-state index is -4.67. The minimum Gasteiger partial charge on any atom is -0.407 e. The standard InChI is InChI=1S/C10H10BF3O3/c12-10(13,14)17-9-4-2-8(3-5-9)11-15-6-1-7-16-11/h2-5H,1,6-7H2. The molecule has 1 aromatic rings. The maximum absolute atomic E-state index is 11.9. The summed E-state index contributed by atoms with van der Waals surface area (Å²) in [5, 5.41) is 0. The normalized spacial score (nSPS) is 17.0. The first kappa shape index (κ1) is 12.3. The van der Waals surface area contributed by atoms with Crippen LogP contribution in [0.25, 0.3) is 0 Å². The first-order valence-electron chi connectivity index (χ1n) is 5.13. The summed E-state index contributed by atoms with van der Waals surface area (Å²) in [5.41, 5.74) is 0.680. The molecule has 0 unspecified atom stereocenters. The third-order valence-corrected chi connectivity index (χ3v) is 2.21. The minimum absolute atomic E-state index is 0.253. The van der Waals surface area contributed by atoms with Gasteiger partial charge in [-0.2, -0.15) is 0 Å². The third-order valence-electron chi connectivity index (χ3n) is 2.21. The summed E-state index contributed by atoms with van der Waals surface area (Å²) in [6.07, 6.45) is -3.84. The zero-order valence-corrected chi connectivity index (χ0v) is 8.87. The highest BCUT2D eigenvalue weighted by atomic mass is 19.4. The molecule has 0 amide bonds. The fourth-order valence-electron chi connectivity index (χ4n) is 1.51. The maximum Gasteiger partial charge on any atom is 0.573 e. The highest BCUT2D eigenvalue weighted by molar-refractivity contribution is 6.61. The Morgan fingerprint density at radius 2 is 1.65 bits per heavy atom. The number of hydrogen-bond acceptors (Lipinski definition) is 3. The fourth-order valence-corrected chi connectivity index (χ4v) is 1.51. The molecule has 0 aromatic heterocycles. The van der Waals surface area contributed by atoms with Crippen LogP contribution in [0.15, 0.2) is 24.3 Å². The second kappa shape index (κ2) is 4.97. The Hall–Kier alpha value is -1.21. The van der Waals surface area contributed by atoms with Gasteiger partial charge in [-0.25, -0.2) is 0 Å². The predicted molar refractivity (Wildman–Crippen MR) is 55.0 cm³/mol. The van der Waals surface area contributed by atoms with Crippen molar-refractivity contribution in [2.24, 2.45) is 0 Å². The van der Waals surface area contributed by atoms with E-state index in [4.69, 9.17) is 9.31 Å². The van der Waals surface area contributed by atoms with Gasteiger partial charge in [0.05, 0.1) is 0 Å². The molecule has 1 saturated heterocycles.